The lowest BCUT2D eigenvalue weighted by Gasteiger charge is -2.28. The lowest BCUT2D eigenvalue weighted by Crippen LogP contribution is -2.55. The smallest absolute Gasteiger partial charge is 0.114 e. The van der Waals surface area contributed by atoms with E-state index in [-0.39, 0.29) is 0 Å². The summed E-state index contributed by atoms with van der Waals surface area (Å²) in [6.07, 6.45) is 0. The van der Waals surface area contributed by atoms with Crippen LogP contribution in [0, 0.1) is 0 Å². The molecule has 0 aliphatic carbocycles. The number of hydrogen-bond donors (Lipinski definition) is 0. The molecular formula is C39H32N2Si. The second-order valence-electron chi connectivity index (χ2n) is 11.5. The summed E-state index contributed by atoms with van der Waals surface area (Å²) < 4.78 is 4.81. The van der Waals surface area contributed by atoms with Crippen LogP contribution in [0.1, 0.15) is 6.92 Å². The molecule has 0 unspecified atom stereocenters. The van der Waals surface area contributed by atoms with Gasteiger partial charge in [-0.05, 0) is 48.5 Å². The number of fused-ring (bicyclic) bond motifs is 6. The van der Waals surface area contributed by atoms with Gasteiger partial charge in [0, 0.05) is 32.9 Å². The van der Waals surface area contributed by atoms with E-state index >= 15 is 0 Å². The van der Waals surface area contributed by atoms with Gasteiger partial charge in [0.1, 0.15) is 8.07 Å². The van der Waals surface area contributed by atoms with Gasteiger partial charge in [-0.1, -0.05) is 127 Å². The lowest BCUT2D eigenvalue weighted by atomic mass is 10.2. The normalized spacial score (nSPS) is 12.1. The number of para-hydroxylation sites is 4. The van der Waals surface area contributed by atoms with Crippen LogP contribution in [0.15, 0.2) is 146 Å². The highest BCUT2D eigenvalue weighted by Gasteiger charge is 2.30. The van der Waals surface area contributed by atoms with Crippen molar-refractivity contribution >= 4 is 62.1 Å². The van der Waals surface area contributed by atoms with Crippen molar-refractivity contribution in [1.29, 1.82) is 0 Å². The van der Waals surface area contributed by atoms with Gasteiger partial charge in [0.2, 0.25) is 0 Å². The average Bonchev–Trinajstić information content (AvgIpc) is 3.58. The fourth-order valence-corrected chi connectivity index (χ4v) is 9.89. The average molecular weight is 557 g/mol. The Labute approximate surface area is 247 Å². The molecule has 3 heteroatoms. The highest BCUT2D eigenvalue weighted by Crippen LogP contribution is 2.33. The molecule has 0 aliphatic rings. The minimum absolute atomic E-state index is 1.15. The van der Waals surface area contributed by atoms with Crippen molar-refractivity contribution < 1.29 is 0 Å². The third-order valence-corrected chi connectivity index (χ3v) is 14.0. The molecule has 2 heterocycles. The highest BCUT2D eigenvalue weighted by molar-refractivity contribution is 7.01. The van der Waals surface area contributed by atoms with Crippen molar-refractivity contribution in [2.75, 3.05) is 0 Å². The maximum Gasteiger partial charge on any atom is 0.114 e. The number of nitrogens with zero attached hydrogens (tertiary/aromatic N) is 2. The van der Waals surface area contributed by atoms with E-state index in [4.69, 9.17) is 0 Å². The van der Waals surface area contributed by atoms with Gasteiger partial charge in [-0.25, -0.2) is 0 Å². The maximum atomic E-state index is 2.51. The van der Waals surface area contributed by atoms with Crippen LogP contribution in [-0.4, -0.2) is 17.2 Å². The molecule has 0 bridgehead atoms. The van der Waals surface area contributed by atoms with Crippen molar-refractivity contribution in [2.24, 2.45) is 0 Å². The molecule has 202 valence electrons. The van der Waals surface area contributed by atoms with E-state index in [0.717, 1.165) is 6.04 Å². The molecule has 2 aromatic heterocycles. The number of aromatic nitrogens is 2. The standard InChI is InChI=1S/C39H32N2Si/c1-3-42(2,30-24-20-28(21-25-30)40-36-16-8-4-12-32(36)33-13-5-9-17-37(33)40)31-26-22-29(23-27-31)41-38-18-10-6-14-34(38)35-15-7-11-19-39(35)41/h4-27H,3H2,1-2H3. The molecule has 8 aromatic rings. The lowest BCUT2D eigenvalue weighted by molar-refractivity contribution is 1.18. The van der Waals surface area contributed by atoms with E-state index < -0.39 is 8.07 Å². The molecule has 42 heavy (non-hydrogen) atoms. The zero-order valence-electron chi connectivity index (χ0n) is 24.0. The summed E-state index contributed by atoms with van der Waals surface area (Å²) in [5.41, 5.74) is 7.44. The van der Waals surface area contributed by atoms with Gasteiger partial charge in [0.05, 0.1) is 22.1 Å². The Morgan fingerprint density at radius 3 is 0.976 bits per heavy atom. The van der Waals surface area contributed by atoms with Crippen LogP contribution >= 0.6 is 0 Å². The first-order chi connectivity index (χ1) is 20.7. The van der Waals surface area contributed by atoms with E-state index in [1.54, 1.807) is 0 Å². The number of benzene rings is 6. The first-order valence-corrected chi connectivity index (χ1v) is 17.6. The van der Waals surface area contributed by atoms with Crippen molar-refractivity contribution in [3.8, 4) is 11.4 Å². The second-order valence-corrected chi connectivity index (χ2v) is 16.0. The summed E-state index contributed by atoms with van der Waals surface area (Å²) in [6, 6.07) is 54.9. The monoisotopic (exact) mass is 556 g/mol. The maximum absolute atomic E-state index is 2.51. The fourth-order valence-electron chi connectivity index (χ4n) is 6.93. The summed E-state index contributed by atoms with van der Waals surface area (Å²) in [6.45, 7) is 4.87. The van der Waals surface area contributed by atoms with Gasteiger partial charge in [-0.15, -0.1) is 0 Å². The summed E-state index contributed by atoms with van der Waals surface area (Å²) in [5, 5.41) is 8.14. The Morgan fingerprint density at radius 1 is 0.405 bits per heavy atom. The first kappa shape index (κ1) is 24.9. The van der Waals surface area contributed by atoms with Gasteiger partial charge in [0.15, 0.2) is 0 Å². The number of rotatable bonds is 5. The summed E-state index contributed by atoms with van der Waals surface area (Å²) in [7, 11) is -1.92. The molecule has 0 spiro atoms. The Kier molecular flexibility index (Phi) is 5.70. The van der Waals surface area contributed by atoms with Crippen molar-refractivity contribution in [3.05, 3.63) is 146 Å². The quantitative estimate of drug-likeness (QED) is 0.187. The largest absolute Gasteiger partial charge is 0.309 e. The molecular weight excluding hydrogens is 525 g/mol. The fraction of sp³-hybridized carbons (Fsp3) is 0.0769. The van der Waals surface area contributed by atoms with Crippen LogP contribution < -0.4 is 10.4 Å². The van der Waals surface area contributed by atoms with E-state index in [1.165, 1.54) is 65.4 Å². The van der Waals surface area contributed by atoms with E-state index in [9.17, 15) is 0 Å². The van der Waals surface area contributed by atoms with Gasteiger partial charge in [-0.2, -0.15) is 0 Å². The Bertz CT molecular complexity index is 1970. The van der Waals surface area contributed by atoms with E-state index in [1.807, 2.05) is 0 Å². The zero-order valence-corrected chi connectivity index (χ0v) is 25.0. The van der Waals surface area contributed by atoms with E-state index in [2.05, 4.69) is 168 Å². The minimum atomic E-state index is -1.92. The third kappa shape index (κ3) is 3.63. The van der Waals surface area contributed by atoms with E-state index in [0.29, 0.717) is 0 Å². The topological polar surface area (TPSA) is 9.86 Å². The first-order valence-electron chi connectivity index (χ1n) is 14.9. The molecule has 6 aromatic carbocycles. The van der Waals surface area contributed by atoms with Crippen LogP contribution in [-0.2, 0) is 0 Å². The molecule has 0 aliphatic heterocycles. The molecule has 0 N–H and O–H groups in total. The molecule has 0 radical (unpaired) electrons. The summed E-state index contributed by atoms with van der Waals surface area (Å²) in [5.74, 6) is 0. The van der Waals surface area contributed by atoms with Crippen LogP contribution in [0.5, 0.6) is 0 Å². The summed E-state index contributed by atoms with van der Waals surface area (Å²) >= 11 is 0. The third-order valence-electron chi connectivity index (χ3n) is 9.39. The molecule has 0 fully saturated rings. The summed E-state index contributed by atoms with van der Waals surface area (Å²) in [4.78, 5) is 0. The van der Waals surface area contributed by atoms with Gasteiger partial charge >= 0.3 is 0 Å². The predicted molar refractivity (Wildman–Crippen MR) is 183 cm³/mol. The molecule has 2 nitrogen and oxygen atoms in total. The van der Waals surface area contributed by atoms with Gasteiger partial charge < -0.3 is 9.13 Å². The predicted octanol–water partition coefficient (Wildman–Crippen LogP) is 9.09. The molecule has 0 saturated heterocycles. The van der Waals surface area contributed by atoms with Crippen molar-refractivity contribution in [3.63, 3.8) is 0 Å². The van der Waals surface area contributed by atoms with Crippen molar-refractivity contribution in [1.82, 2.24) is 9.13 Å². The second kappa shape index (κ2) is 9.61. The van der Waals surface area contributed by atoms with Crippen molar-refractivity contribution in [2.45, 2.75) is 19.5 Å². The Morgan fingerprint density at radius 2 is 0.690 bits per heavy atom. The Balaban J connectivity index is 1.19. The van der Waals surface area contributed by atoms with Gasteiger partial charge in [0.25, 0.3) is 0 Å². The number of hydrogen-bond acceptors (Lipinski definition) is 0. The Hall–Kier alpha value is -4.86. The molecule has 0 saturated carbocycles. The molecule has 0 atom stereocenters. The van der Waals surface area contributed by atoms with Crippen LogP contribution in [0.3, 0.4) is 0 Å². The zero-order chi connectivity index (χ0) is 28.3. The van der Waals surface area contributed by atoms with Crippen LogP contribution in [0.2, 0.25) is 12.6 Å². The minimum Gasteiger partial charge on any atom is -0.309 e. The van der Waals surface area contributed by atoms with Crippen LogP contribution in [0.4, 0.5) is 0 Å². The SMILES string of the molecule is CC[Si](C)(c1ccc(-n2c3ccccc3c3ccccc32)cc1)c1ccc(-n2c3ccccc3c3ccccc32)cc1. The molecule has 8 rings (SSSR count). The molecule has 0 amide bonds. The highest BCUT2D eigenvalue weighted by atomic mass is 28.3. The van der Waals surface area contributed by atoms with Crippen LogP contribution in [0.25, 0.3) is 55.0 Å². The van der Waals surface area contributed by atoms with Gasteiger partial charge in [-0.3, -0.25) is 0 Å².